The molecule has 8 nitrogen and oxygen atoms in total. The Kier molecular flexibility index (Phi) is 3.67. The molecule has 2 aromatic heterocycles. The Balaban J connectivity index is 2.45. The van der Waals surface area contributed by atoms with Gasteiger partial charge < -0.3 is 14.0 Å². The number of aromatic nitrogens is 4. The number of fused-ring (bicyclic) bond motifs is 1. The number of ether oxygens (including phenoxy) is 2. The van der Waals surface area contributed by atoms with Gasteiger partial charge in [-0.3, -0.25) is 13.9 Å². The van der Waals surface area contributed by atoms with Gasteiger partial charge in [0.1, 0.15) is 11.5 Å². The average Bonchev–Trinajstić information content (AvgIpc) is 2.94. The van der Waals surface area contributed by atoms with E-state index in [1.54, 1.807) is 38.9 Å². The smallest absolute Gasteiger partial charge is 0.332 e. The molecule has 0 unspecified atom stereocenters. The van der Waals surface area contributed by atoms with Gasteiger partial charge in [-0.1, -0.05) is 6.07 Å². The number of hydrogen-bond acceptors (Lipinski definition) is 5. The Morgan fingerprint density at radius 3 is 2.29 bits per heavy atom. The highest BCUT2D eigenvalue weighted by molar-refractivity contribution is 5.79. The summed E-state index contributed by atoms with van der Waals surface area (Å²) in [5.41, 5.74) is 0.506. The van der Waals surface area contributed by atoms with Crippen LogP contribution in [0.25, 0.3) is 22.6 Å². The third kappa shape index (κ3) is 2.03. The molecule has 0 aliphatic rings. The maximum atomic E-state index is 12.4. The Hall–Kier alpha value is -3.03. The molecule has 0 radical (unpaired) electrons. The van der Waals surface area contributed by atoms with Crippen LogP contribution in [0.1, 0.15) is 0 Å². The van der Waals surface area contributed by atoms with Gasteiger partial charge in [0, 0.05) is 21.1 Å². The number of rotatable bonds is 3. The SMILES string of the molecule is COc1cccc(-c2nc3c(=O)n(C)c(=O)n(C)c3n2C)c1OC. The first kappa shape index (κ1) is 15.9. The van der Waals surface area contributed by atoms with Gasteiger partial charge in [-0.05, 0) is 12.1 Å². The van der Waals surface area contributed by atoms with Crippen LogP contribution in [0.4, 0.5) is 0 Å². The number of nitrogens with zero attached hydrogens (tertiary/aromatic N) is 4. The zero-order valence-electron chi connectivity index (χ0n) is 14.2. The van der Waals surface area contributed by atoms with Gasteiger partial charge in [0.15, 0.2) is 17.0 Å². The number of hydrogen-bond donors (Lipinski definition) is 0. The number of para-hydroxylation sites is 1. The topological polar surface area (TPSA) is 80.3 Å². The predicted octanol–water partition coefficient (Wildman–Crippen LogP) is 0.655. The van der Waals surface area contributed by atoms with Gasteiger partial charge in [-0.15, -0.1) is 0 Å². The van der Waals surface area contributed by atoms with Crippen molar-refractivity contribution < 1.29 is 9.47 Å². The van der Waals surface area contributed by atoms with E-state index in [4.69, 9.17) is 9.47 Å². The van der Waals surface area contributed by atoms with Crippen LogP contribution in [0.3, 0.4) is 0 Å². The Morgan fingerprint density at radius 1 is 0.958 bits per heavy atom. The molecule has 0 fully saturated rings. The third-order valence-electron chi connectivity index (χ3n) is 4.11. The minimum Gasteiger partial charge on any atom is -0.493 e. The van der Waals surface area contributed by atoms with Crippen molar-refractivity contribution in [3.8, 4) is 22.9 Å². The van der Waals surface area contributed by atoms with E-state index in [1.807, 2.05) is 12.1 Å². The Bertz CT molecular complexity index is 1060. The van der Waals surface area contributed by atoms with Crippen molar-refractivity contribution in [3.63, 3.8) is 0 Å². The summed E-state index contributed by atoms with van der Waals surface area (Å²) in [4.78, 5) is 29.0. The lowest BCUT2D eigenvalue weighted by atomic mass is 10.1. The first-order chi connectivity index (χ1) is 11.4. The molecule has 3 rings (SSSR count). The summed E-state index contributed by atoms with van der Waals surface area (Å²) in [6.45, 7) is 0. The Morgan fingerprint density at radius 2 is 1.67 bits per heavy atom. The highest BCUT2D eigenvalue weighted by atomic mass is 16.5. The van der Waals surface area contributed by atoms with E-state index < -0.39 is 11.2 Å². The van der Waals surface area contributed by atoms with Crippen molar-refractivity contribution in [1.82, 2.24) is 18.7 Å². The Labute approximate surface area is 137 Å². The van der Waals surface area contributed by atoms with Gasteiger partial charge in [0.05, 0.1) is 19.8 Å². The zero-order chi connectivity index (χ0) is 17.6. The van der Waals surface area contributed by atoms with E-state index in [0.717, 1.165) is 4.57 Å². The molecule has 126 valence electrons. The number of benzene rings is 1. The standard InChI is InChI=1S/C16H18N4O4/c1-18-13(9-7-6-8-10(23-4)12(9)24-5)17-11-14(18)19(2)16(22)20(3)15(11)21/h6-8H,1-5H3. The average molecular weight is 330 g/mol. The molecule has 0 spiro atoms. The van der Waals surface area contributed by atoms with Crippen LogP contribution in [-0.4, -0.2) is 32.9 Å². The summed E-state index contributed by atoms with van der Waals surface area (Å²) in [6, 6.07) is 5.41. The van der Waals surface area contributed by atoms with E-state index in [2.05, 4.69) is 4.98 Å². The minimum absolute atomic E-state index is 0.224. The second kappa shape index (κ2) is 5.55. The molecule has 8 heteroatoms. The first-order valence-electron chi connectivity index (χ1n) is 7.26. The number of aryl methyl sites for hydroxylation is 2. The molecular weight excluding hydrogens is 312 g/mol. The van der Waals surface area contributed by atoms with Crippen LogP contribution >= 0.6 is 0 Å². The van der Waals surface area contributed by atoms with E-state index in [9.17, 15) is 9.59 Å². The molecular formula is C16H18N4O4. The molecule has 0 aliphatic carbocycles. The monoisotopic (exact) mass is 330 g/mol. The quantitative estimate of drug-likeness (QED) is 0.704. The lowest BCUT2D eigenvalue weighted by molar-refractivity contribution is 0.356. The molecule has 0 atom stereocenters. The van der Waals surface area contributed by atoms with Crippen molar-refractivity contribution in [1.29, 1.82) is 0 Å². The molecule has 1 aromatic carbocycles. The molecule has 2 heterocycles. The van der Waals surface area contributed by atoms with Gasteiger partial charge in [0.25, 0.3) is 5.56 Å². The van der Waals surface area contributed by atoms with E-state index in [-0.39, 0.29) is 5.52 Å². The fourth-order valence-corrected chi connectivity index (χ4v) is 2.88. The van der Waals surface area contributed by atoms with Crippen molar-refractivity contribution in [2.45, 2.75) is 0 Å². The second-order valence-electron chi connectivity index (χ2n) is 5.41. The first-order valence-corrected chi connectivity index (χ1v) is 7.26. The summed E-state index contributed by atoms with van der Waals surface area (Å²) >= 11 is 0. The third-order valence-corrected chi connectivity index (χ3v) is 4.11. The molecule has 0 aliphatic heterocycles. The normalized spacial score (nSPS) is 11.0. The zero-order valence-corrected chi connectivity index (χ0v) is 14.2. The summed E-state index contributed by atoms with van der Waals surface area (Å²) in [5.74, 6) is 1.59. The molecule has 0 bridgehead atoms. The van der Waals surface area contributed by atoms with Crippen molar-refractivity contribution in [2.24, 2.45) is 21.1 Å². The molecule has 0 saturated carbocycles. The van der Waals surface area contributed by atoms with E-state index in [0.29, 0.717) is 28.5 Å². The highest BCUT2D eigenvalue weighted by Crippen LogP contribution is 2.37. The molecule has 0 amide bonds. The predicted molar refractivity (Wildman–Crippen MR) is 89.7 cm³/mol. The van der Waals surface area contributed by atoms with Crippen molar-refractivity contribution >= 4 is 11.2 Å². The fraction of sp³-hybridized carbons (Fsp3) is 0.312. The maximum absolute atomic E-state index is 12.4. The molecule has 3 aromatic rings. The van der Waals surface area contributed by atoms with Gasteiger partial charge in [0.2, 0.25) is 0 Å². The highest BCUT2D eigenvalue weighted by Gasteiger charge is 2.21. The van der Waals surface area contributed by atoms with Gasteiger partial charge in [-0.2, -0.15) is 0 Å². The van der Waals surface area contributed by atoms with Crippen LogP contribution in [-0.2, 0) is 21.1 Å². The van der Waals surface area contributed by atoms with Crippen LogP contribution in [0.15, 0.2) is 27.8 Å². The van der Waals surface area contributed by atoms with E-state index in [1.165, 1.54) is 11.6 Å². The van der Waals surface area contributed by atoms with Gasteiger partial charge >= 0.3 is 5.69 Å². The largest absolute Gasteiger partial charge is 0.493 e. The van der Waals surface area contributed by atoms with E-state index >= 15 is 0 Å². The number of methoxy groups -OCH3 is 2. The maximum Gasteiger partial charge on any atom is 0.332 e. The molecule has 24 heavy (non-hydrogen) atoms. The van der Waals surface area contributed by atoms with Crippen LogP contribution < -0.4 is 20.7 Å². The molecule has 0 N–H and O–H groups in total. The summed E-state index contributed by atoms with van der Waals surface area (Å²) in [7, 11) is 7.89. The lowest BCUT2D eigenvalue weighted by Gasteiger charge is -2.12. The van der Waals surface area contributed by atoms with Crippen molar-refractivity contribution in [2.75, 3.05) is 14.2 Å². The summed E-state index contributed by atoms with van der Waals surface area (Å²) < 4.78 is 14.9. The minimum atomic E-state index is -0.434. The summed E-state index contributed by atoms with van der Waals surface area (Å²) in [6.07, 6.45) is 0. The molecule has 0 saturated heterocycles. The van der Waals surface area contributed by atoms with Crippen LogP contribution in [0, 0.1) is 0 Å². The van der Waals surface area contributed by atoms with Crippen LogP contribution in [0.5, 0.6) is 11.5 Å². The van der Waals surface area contributed by atoms with Crippen LogP contribution in [0.2, 0.25) is 0 Å². The van der Waals surface area contributed by atoms with Crippen molar-refractivity contribution in [3.05, 3.63) is 39.0 Å². The fourth-order valence-electron chi connectivity index (χ4n) is 2.88. The number of imidazole rings is 1. The van der Waals surface area contributed by atoms with Gasteiger partial charge in [-0.25, -0.2) is 9.78 Å². The lowest BCUT2D eigenvalue weighted by Crippen LogP contribution is -2.37. The second-order valence-corrected chi connectivity index (χ2v) is 5.41. The summed E-state index contributed by atoms with van der Waals surface area (Å²) in [5, 5.41) is 0.